The van der Waals surface area contributed by atoms with Crippen LogP contribution in [-0.4, -0.2) is 52.7 Å². The number of amides is 2. The summed E-state index contributed by atoms with van der Waals surface area (Å²) in [4.78, 5) is 29.5. The van der Waals surface area contributed by atoms with E-state index in [0.717, 1.165) is 70.0 Å². The molecule has 31 heavy (non-hydrogen) atoms. The van der Waals surface area contributed by atoms with Gasteiger partial charge in [-0.05, 0) is 37.2 Å². The van der Waals surface area contributed by atoms with Crippen molar-refractivity contribution in [2.45, 2.75) is 77.2 Å². The number of hydrogen-bond acceptors (Lipinski definition) is 3. The summed E-state index contributed by atoms with van der Waals surface area (Å²) in [6.45, 7) is 6.39. The van der Waals surface area contributed by atoms with Gasteiger partial charge in [-0.15, -0.1) is 0 Å². The van der Waals surface area contributed by atoms with Gasteiger partial charge in [-0.2, -0.15) is 0 Å². The molecule has 2 heterocycles. The van der Waals surface area contributed by atoms with Gasteiger partial charge >= 0.3 is 0 Å². The van der Waals surface area contributed by atoms with Crippen LogP contribution in [0.5, 0.6) is 0 Å². The number of unbranched alkanes of at least 4 members (excludes halogenated alkanes) is 2. The van der Waals surface area contributed by atoms with Gasteiger partial charge in [0.15, 0.2) is 5.96 Å². The van der Waals surface area contributed by atoms with Crippen LogP contribution in [0.25, 0.3) is 0 Å². The van der Waals surface area contributed by atoms with Crippen molar-refractivity contribution in [3.63, 3.8) is 0 Å². The molecule has 0 bridgehead atoms. The number of carbonyl (C=O) groups excluding carboxylic acids is 2. The van der Waals surface area contributed by atoms with E-state index >= 15 is 0 Å². The Kier molecular flexibility index (Phi) is 8.10. The predicted octanol–water partition coefficient (Wildman–Crippen LogP) is 3.95. The lowest BCUT2D eigenvalue weighted by molar-refractivity contribution is -0.132. The van der Waals surface area contributed by atoms with Crippen LogP contribution in [0.2, 0.25) is 0 Å². The largest absolute Gasteiger partial charge is 0.342 e. The fourth-order valence-electron chi connectivity index (χ4n) is 4.83. The van der Waals surface area contributed by atoms with E-state index in [9.17, 15) is 9.59 Å². The van der Waals surface area contributed by atoms with Crippen molar-refractivity contribution >= 4 is 17.8 Å². The van der Waals surface area contributed by atoms with Crippen molar-refractivity contribution in [1.29, 1.82) is 5.41 Å². The number of rotatable bonds is 11. The first-order valence-electron chi connectivity index (χ1n) is 12.0. The van der Waals surface area contributed by atoms with Crippen LogP contribution in [0.4, 0.5) is 0 Å². The zero-order chi connectivity index (χ0) is 22.3. The molecule has 3 rings (SSSR count). The van der Waals surface area contributed by atoms with Gasteiger partial charge in [0.2, 0.25) is 5.91 Å². The maximum absolute atomic E-state index is 13.3. The average Bonchev–Trinajstić information content (AvgIpc) is 3.33. The zero-order valence-electron chi connectivity index (χ0n) is 19.2. The van der Waals surface area contributed by atoms with E-state index in [1.54, 1.807) is 4.90 Å². The van der Waals surface area contributed by atoms with E-state index in [0.29, 0.717) is 18.9 Å². The fourth-order valence-corrected chi connectivity index (χ4v) is 4.83. The molecule has 2 N–H and O–H groups in total. The summed E-state index contributed by atoms with van der Waals surface area (Å²) in [6, 6.07) is 9.88. The molecule has 6 heteroatoms. The third kappa shape index (κ3) is 5.66. The summed E-state index contributed by atoms with van der Waals surface area (Å²) in [7, 11) is 0. The number of nitrogens with zero attached hydrogens (tertiary/aromatic N) is 2. The maximum atomic E-state index is 13.3. The van der Waals surface area contributed by atoms with Gasteiger partial charge in [0.1, 0.15) is 5.54 Å². The molecule has 2 saturated heterocycles. The molecule has 6 nitrogen and oxygen atoms in total. The molecule has 0 radical (unpaired) electrons. The van der Waals surface area contributed by atoms with Gasteiger partial charge in [0.25, 0.3) is 5.91 Å². The molecule has 0 saturated carbocycles. The lowest BCUT2D eigenvalue weighted by Crippen LogP contribution is -2.47. The van der Waals surface area contributed by atoms with Crippen LogP contribution in [0.15, 0.2) is 30.3 Å². The Morgan fingerprint density at radius 3 is 2.48 bits per heavy atom. The first kappa shape index (κ1) is 23.3. The summed E-state index contributed by atoms with van der Waals surface area (Å²) in [5.41, 5.74) is 0.463. The van der Waals surface area contributed by atoms with E-state index in [2.05, 4.69) is 19.2 Å². The highest BCUT2D eigenvalue weighted by molar-refractivity contribution is 6.07. The molecule has 2 aliphatic rings. The van der Waals surface area contributed by atoms with Gasteiger partial charge < -0.3 is 10.2 Å². The Bertz CT molecular complexity index is 756. The highest BCUT2D eigenvalue weighted by Gasteiger charge is 2.48. The predicted molar refractivity (Wildman–Crippen MR) is 124 cm³/mol. The molecule has 2 aliphatic heterocycles. The SMILES string of the molecule is CCCCC1(CCCC)NC(=N)N(CCC2CCN(C(=O)Cc3ccccc3)C2)C1=O. The standard InChI is InChI=1S/C25H38N4O2/c1-3-5-14-25(15-6-4-2)23(31)29(24(26)27-25)17-13-21-12-16-28(19-21)22(30)18-20-10-8-7-9-11-20/h7-11,21H,3-6,12-19H2,1-2H3,(H2,26,27). The van der Waals surface area contributed by atoms with Crippen LogP contribution >= 0.6 is 0 Å². The number of hydrogen-bond donors (Lipinski definition) is 2. The van der Waals surface area contributed by atoms with E-state index in [4.69, 9.17) is 5.41 Å². The Morgan fingerprint density at radius 2 is 1.84 bits per heavy atom. The third-order valence-electron chi connectivity index (χ3n) is 6.79. The van der Waals surface area contributed by atoms with Gasteiger partial charge in [0, 0.05) is 19.6 Å². The maximum Gasteiger partial charge on any atom is 0.255 e. The molecule has 170 valence electrons. The Morgan fingerprint density at radius 1 is 1.16 bits per heavy atom. The lowest BCUT2D eigenvalue weighted by Gasteiger charge is -2.27. The molecule has 1 unspecified atom stereocenters. The van der Waals surface area contributed by atoms with Crippen molar-refractivity contribution in [3.05, 3.63) is 35.9 Å². The minimum Gasteiger partial charge on any atom is -0.342 e. The highest BCUT2D eigenvalue weighted by atomic mass is 16.2. The van der Waals surface area contributed by atoms with E-state index in [1.165, 1.54) is 0 Å². The van der Waals surface area contributed by atoms with Gasteiger partial charge in [-0.25, -0.2) is 0 Å². The molecule has 0 aliphatic carbocycles. The fraction of sp³-hybridized carbons (Fsp3) is 0.640. The summed E-state index contributed by atoms with van der Waals surface area (Å²) in [5, 5.41) is 11.7. The number of benzene rings is 1. The van der Waals surface area contributed by atoms with Crippen LogP contribution in [0, 0.1) is 11.3 Å². The van der Waals surface area contributed by atoms with Crippen molar-refractivity contribution in [1.82, 2.24) is 15.1 Å². The van der Waals surface area contributed by atoms with Crippen molar-refractivity contribution in [3.8, 4) is 0 Å². The van der Waals surface area contributed by atoms with Crippen LogP contribution in [0.1, 0.15) is 70.8 Å². The third-order valence-corrected chi connectivity index (χ3v) is 6.79. The van der Waals surface area contributed by atoms with Crippen LogP contribution < -0.4 is 5.32 Å². The number of nitrogens with one attached hydrogen (secondary N) is 2. The Hall–Kier alpha value is -2.37. The monoisotopic (exact) mass is 426 g/mol. The lowest BCUT2D eigenvalue weighted by atomic mass is 9.87. The smallest absolute Gasteiger partial charge is 0.255 e. The highest BCUT2D eigenvalue weighted by Crippen LogP contribution is 2.30. The summed E-state index contributed by atoms with van der Waals surface area (Å²) in [5.74, 6) is 0.904. The topological polar surface area (TPSA) is 76.5 Å². The molecule has 2 fully saturated rings. The van der Waals surface area contributed by atoms with Gasteiger partial charge in [-0.1, -0.05) is 69.9 Å². The summed E-state index contributed by atoms with van der Waals surface area (Å²) in [6.07, 6.45) is 7.93. The second-order valence-corrected chi connectivity index (χ2v) is 9.17. The van der Waals surface area contributed by atoms with Gasteiger partial charge in [0.05, 0.1) is 6.42 Å². The summed E-state index contributed by atoms with van der Waals surface area (Å²) >= 11 is 0. The van der Waals surface area contributed by atoms with Crippen LogP contribution in [-0.2, 0) is 16.0 Å². The Balaban J connectivity index is 1.52. The number of carbonyl (C=O) groups is 2. The number of guanidine groups is 1. The zero-order valence-corrected chi connectivity index (χ0v) is 19.2. The molecular formula is C25H38N4O2. The van der Waals surface area contributed by atoms with Crippen molar-refractivity contribution in [2.24, 2.45) is 5.92 Å². The van der Waals surface area contributed by atoms with Crippen LogP contribution in [0.3, 0.4) is 0 Å². The molecule has 0 spiro atoms. The first-order valence-corrected chi connectivity index (χ1v) is 12.0. The minimum atomic E-state index is -0.587. The summed E-state index contributed by atoms with van der Waals surface area (Å²) < 4.78 is 0. The van der Waals surface area contributed by atoms with Crippen molar-refractivity contribution < 1.29 is 9.59 Å². The molecule has 1 aromatic carbocycles. The quantitative estimate of drug-likeness (QED) is 0.562. The first-order chi connectivity index (χ1) is 15.0. The molecule has 1 aromatic rings. The Labute approximate surface area is 186 Å². The normalized spacial score (nSPS) is 20.4. The minimum absolute atomic E-state index is 0.0782. The van der Waals surface area contributed by atoms with Gasteiger partial charge in [-0.3, -0.25) is 19.9 Å². The van der Waals surface area contributed by atoms with Crippen molar-refractivity contribution in [2.75, 3.05) is 19.6 Å². The average molecular weight is 427 g/mol. The second-order valence-electron chi connectivity index (χ2n) is 9.17. The second kappa shape index (κ2) is 10.8. The molecule has 1 atom stereocenters. The number of likely N-dealkylation sites (tertiary alicyclic amines) is 1. The van der Waals surface area contributed by atoms with E-state index in [1.807, 2.05) is 35.2 Å². The van der Waals surface area contributed by atoms with E-state index in [-0.39, 0.29) is 17.8 Å². The van der Waals surface area contributed by atoms with E-state index < -0.39 is 5.54 Å². The molecule has 2 amide bonds. The molecule has 0 aromatic heterocycles. The molecular weight excluding hydrogens is 388 g/mol.